The van der Waals surface area contributed by atoms with Gasteiger partial charge in [-0.3, -0.25) is 0 Å². The molecule has 0 spiro atoms. The first-order chi connectivity index (χ1) is 8.61. The Morgan fingerprint density at radius 2 is 1.89 bits per heavy atom. The molecule has 0 heterocycles. The van der Waals surface area contributed by atoms with E-state index in [2.05, 4.69) is 39.1 Å². The summed E-state index contributed by atoms with van der Waals surface area (Å²) >= 11 is 0. The Morgan fingerprint density at radius 1 is 1.17 bits per heavy atom. The fourth-order valence-electron chi connectivity index (χ4n) is 2.88. The Kier molecular flexibility index (Phi) is 6.99. The predicted octanol–water partition coefficient (Wildman–Crippen LogP) is 5.07. The van der Waals surface area contributed by atoms with Crippen LogP contribution in [0.15, 0.2) is 11.6 Å². The molecule has 1 aliphatic carbocycles. The second-order valence-corrected chi connectivity index (χ2v) is 6.46. The van der Waals surface area contributed by atoms with Gasteiger partial charge < -0.3 is 5.32 Å². The van der Waals surface area contributed by atoms with Crippen LogP contribution in [0.25, 0.3) is 0 Å². The highest BCUT2D eigenvalue weighted by molar-refractivity contribution is 5.15. The molecule has 1 unspecified atom stereocenters. The Labute approximate surface area is 114 Å². The third-order valence-corrected chi connectivity index (χ3v) is 4.49. The molecule has 1 atom stereocenters. The van der Waals surface area contributed by atoms with Crippen LogP contribution < -0.4 is 5.32 Å². The fourth-order valence-corrected chi connectivity index (χ4v) is 2.88. The Morgan fingerprint density at radius 3 is 2.56 bits per heavy atom. The van der Waals surface area contributed by atoms with Crippen LogP contribution >= 0.6 is 0 Å². The van der Waals surface area contributed by atoms with Gasteiger partial charge in [-0.25, -0.2) is 0 Å². The molecule has 0 bridgehead atoms. The number of allylic oxidation sites excluding steroid dienone is 1. The van der Waals surface area contributed by atoms with Crippen molar-refractivity contribution in [3.05, 3.63) is 11.6 Å². The first kappa shape index (κ1) is 15.8. The zero-order chi connectivity index (χ0) is 13.4. The molecule has 0 aromatic carbocycles. The highest BCUT2D eigenvalue weighted by atomic mass is 14.9. The van der Waals surface area contributed by atoms with E-state index in [0.717, 1.165) is 6.54 Å². The van der Waals surface area contributed by atoms with Gasteiger partial charge in [0.1, 0.15) is 0 Å². The normalized spacial score (nSPS) is 19.9. The molecule has 1 aliphatic rings. The van der Waals surface area contributed by atoms with Crippen molar-refractivity contribution < 1.29 is 0 Å². The summed E-state index contributed by atoms with van der Waals surface area (Å²) in [6, 6.07) is 0.584. The van der Waals surface area contributed by atoms with Gasteiger partial charge in [-0.2, -0.15) is 0 Å². The van der Waals surface area contributed by atoms with Crippen molar-refractivity contribution in [3.63, 3.8) is 0 Å². The highest BCUT2D eigenvalue weighted by Gasteiger charge is 2.29. The maximum absolute atomic E-state index is 3.81. The van der Waals surface area contributed by atoms with Crippen LogP contribution in [0.4, 0.5) is 0 Å². The molecule has 18 heavy (non-hydrogen) atoms. The van der Waals surface area contributed by atoms with Gasteiger partial charge in [0, 0.05) is 6.04 Å². The molecule has 0 saturated carbocycles. The van der Waals surface area contributed by atoms with Crippen molar-refractivity contribution in [1.29, 1.82) is 0 Å². The van der Waals surface area contributed by atoms with Gasteiger partial charge in [-0.1, -0.05) is 52.2 Å². The number of nitrogens with one attached hydrogen (secondary N) is 1. The van der Waals surface area contributed by atoms with Gasteiger partial charge in [0.15, 0.2) is 0 Å². The zero-order valence-corrected chi connectivity index (χ0v) is 13.0. The number of hydrogen-bond acceptors (Lipinski definition) is 1. The lowest BCUT2D eigenvalue weighted by atomic mass is 9.76. The second-order valence-electron chi connectivity index (χ2n) is 6.46. The van der Waals surface area contributed by atoms with E-state index in [1.807, 2.05) is 0 Å². The van der Waals surface area contributed by atoms with Gasteiger partial charge in [0.2, 0.25) is 0 Å². The maximum Gasteiger partial charge on any atom is 0.0330 e. The third kappa shape index (κ3) is 4.76. The minimum Gasteiger partial charge on any atom is -0.310 e. The molecule has 106 valence electrons. The molecule has 0 aliphatic heterocycles. The lowest BCUT2D eigenvalue weighted by Gasteiger charge is -2.37. The van der Waals surface area contributed by atoms with Crippen molar-refractivity contribution in [2.24, 2.45) is 5.41 Å². The fraction of sp³-hybridized carbons (Fsp3) is 0.882. The highest BCUT2D eigenvalue weighted by Crippen LogP contribution is 2.33. The second kappa shape index (κ2) is 7.99. The summed E-state index contributed by atoms with van der Waals surface area (Å²) in [7, 11) is 0. The Bertz CT molecular complexity index is 252. The van der Waals surface area contributed by atoms with Crippen LogP contribution in [0.1, 0.15) is 79.1 Å². The molecular weight excluding hydrogens is 218 g/mol. The molecule has 1 N–H and O–H groups in total. The molecule has 1 heteroatoms. The topological polar surface area (TPSA) is 12.0 Å². The van der Waals surface area contributed by atoms with Crippen molar-refractivity contribution in [1.82, 2.24) is 5.32 Å². The third-order valence-electron chi connectivity index (χ3n) is 4.49. The van der Waals surface area contributed by atoms with Crippen LogP contribution in [0.3, 0.4) is 0 Å². The van der Waals surface area contributed by atoms with Crippen LogP contribution in [-0.4, -0.2) is 12.6 Å². The van der Waals surface area contributed by atoms with Crippen molar-refractivity contribution in [3.8, 4) is 0 Å². The molecule has 0 radical (unpaired) electrons. The molecule has 0 aromatic rings. The zero-order valence-electron chi connectivity index (χ0n) is 13.0. The van der Waals surface area contributed by atoms with Gasteiger partial charge in [-0.05, 0) is 50.5 Å². The average Bonchev–Trinajstić information content (AvgIpc) is 2.31. The molecule has 0 fully saturated rings. The van der Waals surface area contributed by atoms with E-state index in [4.69, 9.17) is 0 Å². The monoisotopic (exact) mass is 251 g/mol. The quantitative estimate of drug-likeness (QED) is 0.650. The summed E-state index contributed by atoms with van der Waals surface area (Å²) in [6.07, 6.45) is 13.2. The van der Waals surface area contributed by atoms with Crippen LogP contribution in [-0.2, 0) is 0 Å². The van der Waals surface area contributed by atoms with Crippen molar-refractivity contribution >= 4 is 0 Å². The Balaban J connectivity index is 2.78. The Hall–Kier alpha value is -0.300. The molecule has 1 rings (SSSR count). The summed E-state index contributed by atoms with van der Waals surface area (Å²) in [5.74, 6) is 0. The molecule has 0 saturated heterocycles. The summed E-state index contributed by atoms with van der Waals surface area (Å²) in [5, 5.41) is 3.81. The predicted molar refractivity (Wildman–Crippen MR) is 81.9 cm³/mol. The van der Waals surface area contributed by atoms with Gasteiger partial charge in [0.25, 0.3) is 0 Å². The first-order valence-electron chi connectivity index (χ1n) is 8.04. The smallest absolute Gasteiger partial charge is 0.0330 e. The van der Waals surface area contributed by atoms with Gasteiger partial charge in [-0.15, -0.1) is 0 Å². The average molecular weight is 251 g/mol. The van der Waals surface area contributed by atoms with E-state index < -0.39 is 0 Å². The van der Waals surface area contributed by atoms with Crippen molar-refractivity contribution in [2.75, 3.05) is 6.54 Å². The van der Waals surface area contributed by atoms with E-state index in [1.165, 1.54) is 51.4 Å². The minimum atomic E-state index is 0.375. The molecule has 0 aromatic heterocycles. The SMILES string of the molecule is CCCNC(C1=CCCCCCC1)C(C)(C)CC. The largest absolute Gasteiger partial charge is 0.310 e. The molecule has 0 amide bonds. The lowest BCUT2D eigenvalue weighted by Crippen LogP contribution is -2.43. The van der Waals surface area contributed by atoms with Crippen LogP contribution in [0.5, 0.6) is 0 Å². The summed E-state index contributed by atoms with van der Waals surface area (Å²) < 4.78 is 0. The molecule has 1 nitrogen and oxygen atoms in total. The van der Waals surface area contributed by atoms with Gasteiger partial charge in [0.05, 0.1) is 0 Å². The summed E-state index contributed by atoms with van der Waals surface area (Å²) in [4.78, 5) is 0. The standard InChI is InChI=1S/C17H33N/c1-5-14-18-16(17(3,4)6-2)15-12-10-8-7-9-11-13-15/h12,16,18H,5-11,13-14H2,1-4H3. The van der Waals surface area contributed by atoms with Crippen LogP contribution in [0.2, 0.25) is 0 Å². The lowest BCUT2D eigenvalue weighted by molar-refractivity contribution is 0.255. The van der Waals surface area contributed by atoms with E-state index >= 15 is 0 Å². The van der Waals surface area contributed by atoms with E-state index in [9.17, 15) is 0 Å². The minimum absolute atomic E-state index is 0.375. The van der Waals surface area contributed by atoms with E-state index in [0.29, 0.717) is 11.5 Å². The first-order valence-corrected chi connectivity index (χ1v) is 8.04. The summed E-state index contributed by atoms with van der Waals surface area (Å²) in [5.41, 5.74) is 2.07. The van der Waals surface area contributed by atoms with Crippen LogP contribution in [0, 0.1) is 5.41 Å². The van der Waals surface area contributed by atoms with Crippen molar-refractivity contribution in [2.45, 2.75) is 85.1 Å². The summed E-state index contributed by atoms with van der Waals surface area (Å²) in [6.45, 7) is 10.6. The molecular formula is C17H33N. The van der Waals surface area contributed by atoms with E-state index in [-0.39, 0.29) is 0 Å². The van der Waals surface area contributed by atoms with E-state index in [1.54, 1.807) is 5.57 Å². The van der Waals surface area contributed by atoms with Gasteiger partial charge >= 0.3 is 0 Å². The maximum atomic E-state index is 3.81. The number of rotatable bonds is 6. The number of hydrogen-bond donors (Lipinski definition) is 1.